The predicted octanol–water partition coefficient (Wildman–Crippen LogP) is 0.963. The predicted molar refractivity (Wildman–Crippen MR) is 58.4 cm³/mol. The number of hydrogen-bond acceptors (Lipinski definition) is 4. The number of anilines is 1. The Morgan fingerprint density at radius 1 is 1.62 bits per heavy atom. The number of hydrogen-bond donors (Lipinski definition) is 3. The van der Waals surface area contributed by atoms with Crippen molar-refractivity contribution in [3.8, 4) is 0 Å². The fraction of sp³-hybridized carbons (Fsp3) is 0.455. The highest BCUT2D eigenvalue weighted by Gasteiger charge is 2.29. The van der Waals surface area contributed by atoms with Crippen molar-refractivity contribution in [2.75, 3.05) is 11.9 Å². The highest BCUT2D eigenvalue weighted by molar-refractivity contribution is 5.93. The summed E-state index contributed by atoms with van der Waals surface area (Å²) in [6.45, 7) is 0.384. The van der Waals surface area contributed by atoms with Gasteiger partial charge in [0.1, 0.15) is 5.56 Å². The lowest BCUT2D eigenvalue weighted by atomic mass is 10.2. The van der Waals surface area contributed by atoms with Crippen LogP contribution >= 0.6 is 0 Å². The van der Waals surface area contributed by atoms with Crippen LogP contribution in [-0.4, -0.2) is 33.8 Å². The Hall–Kier alpha value is -1.62. The molecule has 0 aliphatic heterocycles. The zero-order valence-corrected chi connectivity index (χ0v) is 8.76. The van der Waals surface area contributed by atoms with Gasteiger partial charge in [-0.25, -0.2) is 4.79 Å². The van der Waals surface area contributed by atoms with Gasteiger partial charge in [-0.15, -0.1) is 0 Å². The summed E-state index contributed by atoms with van der Waals surface area (Å²) in [6.07, 6.45) is 4.55. The van der Waals surface area contributed by atoms with Gasteiger partial charge in [0.2, 0.25) is 0 Å². The minimum atomic E-state index is -1.02. The van der Waals surface area contributed by atoms with Crippen LogP contribution in [0.2, 0.25) is 0 Å². The van der Waals surface area contributed by atoms with E-state index >= 15 is 0 Å². The van der Waals surface area contributed by atoms with E-state index in [1.165, 1.54) is 12.4 Å². The van der Waals surface area contributed by atoms with Crippen molar-refractivity contribution in [2.45, 2.75) is 18.9 Å². The summed E-state index contributed by atoms with van der Waals surface area (Å²) in [5.41, 5.74) is 0.632. The molecule has 1 saturated carbocycles. The number of aromatic nitrogens is 1. The highest BCUT2D eigenvalue weighted by atomic mass is 16.4. The SMILES string of the molecule is O=C(O)c1cnccc1NCC(O)C1CC1. The molecule has 0 amide bonds. The molecule has 5 heteroatoms. The molecule has 2 rings (SSSR count). The van der Waals surface area contributed by atoms with E-state index in [4.69, 9.17) is 5.11 Å². The molecule has 1 heterocycles. The molecule has 0 spiro atoms. The number of aliphatic hydroxyl groups excluding tert-OH is 1. The minimum Gasteiger partial charge on any atom is -0.478 e. The molecule has 0 radical (unpaired) electrons. The number of aromatic carboxylic acids is 1. The van der Waals surface area contributed by atoms with Crippen LogP contribution in [0.3, 0.4) is 0 Å². The summed E-state index contributed by atoms with van der Waals surface area (Å²) in [7, 11) is 0. The van der Waals surface area contributed by atoms with Crippen LogP contribution in [0.1, 0.15) is 23.2 Å². The molecule has 1 aliphatic rings. The fourth-order valence-corrected chi connectivity index (χ4v) is 1.58. The number of carboxylic acid groups (broad SMARTS) is 1. The van der Waals surface area contributed by atoms with Crippen LogP contribution in [0, 0.1) is 5.92 Å². The van der Waals surface area contributed by atoms with Gasteiger partial charge in [0.15, 0.2) is 0 Å². The number of carbonyl (C=O) groups is 1. The molecule has 1 atom stereocenters. The largest absolute Gasteiger partial charge is 0.478 e. The maximum Gasteiger partial charge on any atom is 0.339 e. The quantitative estimate of drug-likeness (QED) is 0.691. The normalized spacial score (nSPS) is 16.8. The van der Waals surface area contributed by atoms with Crippen molar-refractivity contribution in [3.05, 3.63) is 24.0 Å². The number of nitrogens with one attached hydrogen (secondary N) is 1. The van der Waals surface area contributed by atoms with E-state index in [1.54, 1.807) is 6.07 Å². The van der Waals surface area contributed by atoms with Gasteiger partial charge in [-0.05, 0) is 24.8 Å². The lowest BCUT2D eigenvalue weighted by Gasteiger charge is -2.13. The zero-order valence-electron chi connectivity index (χ0n) is 8.76. The van der Waals surface area contributed by atoms with Gasteiger partial charge in [-0.1, -0.05) is 0 Å². The second-order valence-electron chi connectivity index (χ2n) is 4.01. The van der Waals surface area contributed by atoms with Gasteiger partial charge in [0.25, 0.3) is 0 Å². The van der Waals surface area contributed by atoms with E-state index in [1.807, 2.05) is 0 Å². The van der Waals surface area contributed by atoms with Gasteiger partial charge in [0, 0.05) is 18.9 Å². The minimum absolute atomic E-state index is 0.130. The number of nitrogens with zero attached hydrogens (tertiary/aromatic N) is 1. The lowest BCUT2D eigenvalue weighted by Crippen LogP contribution is -2.22. The fourth-order valence-electron chi connectivity index (χ4n) is 1.58. The van der Waals surface area contributed by atoms with Crippen LogP contribution < -0.4 is 5.32 Å². The third-order valence-electron chi connectivity index (χ3n) is 2.72. The van der Waals surface area contributed by atoms with Crippen molar-refractivity contribution in [3.63, 3.8) is 0 Å². The summed E-state index contributed by atoms with van der Waals surface area (Å²) in [6, 6.07) is 1.60. The molecule has 1 aromatic rings. The van der Waals surface area contributed by atoms with E-state index in [9.17, 15) is 9.90 Å². The van der Waals surface area contributed by atoms with Gasteiger partial charge in [0.05, 0.1) is 11.8 Å². The number of aliphatic hydroxyl groups is 1. The number of rotatable bonds is 5. The Balaban J connectivity index is 1.99. The van der Waals surface area contributed by atoms with Gasteiger partial charge < -0.3 is 15.5 Å². The van der Waals surface area contributed by atoms with Crippen molar-refractivity contribution in [1.82, 2.24) is 4.98 Å². The smallest absolute Gasteiger partial charge is 0.339 e. The van der Waals surface area contributed by atoms with Gasteiger partial charge in [-0.2, -0.15) is 0 Å². The van der Waals surface area contributed by atoms with Gasteiger partial charge >= 0.3 is 5.97 Å². The molecule has 1 unspecified atom stereocenters. The topological polar surface area (TPSA) is 82.5 Å². The van der Waals surface area contributed by atoms with E-state index in [2.05, 4.69) is 10.3 Å². The third-order valence-corrected chi connectivity index (χ3v) is 2.72. The van der Waals surface area contributed by atoms with Crippen LogP contribution in [0.25, 0.3) is 0 Å². The average Bonchev–Trinajstić information content (AvgIpc) is 3.10. The van der Waals surface area contributed by atoms with Crippen molar-refractivity contribution >= 4 is 11.7 Å². The summed E-state index contributed by atoms with van der Waals surface area (Å²) in [5, 5.41) is 21.5. The van der Waals surface area contributed by atoms with E-state index in [0.717, 1.165) is 12.8 Å². The number of carboxylic acids is 1. The Kier molecular flexibility index (Phi) is 3.05. The van der Waals surface area contributed by atoms with E-state index < -0.39 is 12.1 Å². The average molecular weight is 222 g/mol. The molecule has 0 saturated heterocycles. The maximum atomic E-state index is 10.9. The first-order valence-electron chi connectivity index (χ1n) is 5.27. The molecule has 1 aliphatic carbocycles. The highest BCUT2D eigenvalue weighted by Crippen LogP contribution is 2.32. The Labute approximate surface area is 93.1 Å². The van der Waals surface area contributed by atoms with E-state index in [0.29, 0.717) is 18.2 Å². The third kappa shape index (κ3) is 2.49. The monoisotopic (exact) mass is 222 g/mol. The van der Waals surface area contributed by atoms with Crippen molar-refractivity contribution in [2.24, 2.45) is 5.92 Å². The molecular weight excluding hydrogens is 208 g/mol. The molecular formula is C11H14N2O3. The lowest BCUT2D eigenvalue weighted by molar-refractivity contribution is 0.0697. The van der Waals surface area contributed by atoms with Crippen LogP contribution in [0.15, 0.2) is 18.5 Å². The van der Waals surface area contributed by atoms with Crippen LogP contribution in [-0.2, 0) is 0 Å². The zero-order chi connectivity index (χ0) is 11.5. The molecule has 0 bridgehead atoms. The summed E-state index contributed by atoms with van der Waals surface area (Å²) in [4.78, 5) is 14.6. The first-order chi connectivity index (χ1) is 7.68. The van der Waals surface area contributed by atoms with Crippen molar-refractivity contribution < 1.29 is 15.0 Å². The standard InChI is InChI=1S/C11H14N2O3/c14-10(7-1-2-7)6-13-9-3-4-12-5-8(9)11(15)16/h3-5,7,10,14H,1-2,6H2,(H,12,13)(H,15,16). The van der Waals surface area contributed by atoms with Gasteiger partial charge in [-0.3, -0.25) is 4.98 Å². The molecule has 86 valence electrons. The van der Waals surface area contributed by atoms with Crippen LogP contribution in [0.4, 0.5) is 5.69 Å². The molecule has 16 heavy (non-hydrogen) atoms. The Morgan fingerprint density at radius 3 is 3.00 bits per heavy atom. The summed E-state index contributed by atoms with van der Waals surface area (Å²) >= 11 is 0. The molecule has 3 N–H and O–H groups in total. The molecule has 0 aromatic carbocycles. The Bertz CT molecular complexity index is 391. The first kappa shape index (κ1) is 10.9. The second-order valence-corrected chi connectivity index (χ2v) is 4.01. The summed E-state index contributed by atoms with van der Waals surface area (Å²) in [5.74, 6) is -0.640. The number of pyridine rings is 1. The first-order valence-corrected chi connectivity index (χ1v) is 5.27. The second kappa shape index (κ2) is 4.49. The molecule has 1 aromatic heterocycles. The Morgan fingerprint density at radius 2 is 2.38 bits per heavy atom. The van der Waals surface area contributed by atoms with E-state index in [-0.39, 0.29) is 5.56 Å². The maximum absolute atomic E-state index is 10.9. The summed E-state index contributed by atoms with van der Waals surface area (Å²) < 4.78 is 0. The molecule has 1 fully saturated rings. The molecule has 5 nitrogen and oxygen atoms in total. The van der Waals surface area contributed by atoms with Crippen molar-refractivity contribution in [1.29, 1.82) is 0 Å². The van der Waals surface area contributed by atoms with Crippen LogP contribution in [0.5, 0.6) is 0 Å².